The van der Waals surface area contributed by atoms with Gasteiger partial charge in [0.2, 0.25) is 0 Å². The molecule has 330 valence electrons. The Bertz CT molecular complexity index is 3990. The molecule has 0 radical (unpaired) electrons. The molecule has 13 rings (SSSR count). The van der Waals surface area contributed by atoms with Gasteiger partial charge in [-0.15, -0.1) is 0 Å². The van der Waals surface area contributed by atoms with Gasteiger partial charge in [0.25, 0.3) is 0 Å². The van der Waals surface area contributed by atoms with Crippen LogP contribution in [0.25, 0.3) is 88.4 Å². The summed E-state index contributed by atoms with van der Waals surface area (Å²) in [5.74, 6) is 0. The van der Waals surface area contributed by atoms with Crippen LogP contribution in [0.5, 0.6) is 0 Å². The van der Waals surface area contributed by atoms with Crippen LogP contribution in [-0.2, 0) is 0 Å². The number of rotatable bonds is 10. The summed E-state index contributed by atoms with van der Waals surface area (Å²) in [5.41, 5.74) is 18.9. The molecule has 11 aromatic carbocycles. The highest BCUT2D eigenvalue weighted by molar-refractivity contribution is 6.14. The molecule has 0 amide bonds. The van der Waals surface area contributed by atoms with Crippen molar-refractivity contribution in [1.29, 1.82) is 0 Å². The molecule has 0 spiro atoms. The first-order valence-corrected chi connectivity index (χ1v) is 23.7. The lowest BCUT2D eigenvalue weighted by atomic mass is 9.99. The molecule has 0 atom stereocenters. The first kappa shape index (κ1) is 40.9. The Kier molecular flexibility index (Phi) is 10.1. The maximum absolute atomic E-state index is 6.47. The van der Waals surface area contributed by atoms with Crippen molar-refractivity contribution in [1.82, 2.24) is 0 Å². The van der Waals surface area contributed by atoms with E-state index >= 15 is 0 Å². The zero-order valence-corrected chi connectivity index (χ0v) is 38.1. The fraction of sp³-hybridized carbons (Fsp3) is 0. The molecular formula is C66H44N2O2. The van der Waals surface area contributed by atoms with E-state index in [0.29, 0.717) is 0 Å². The number of furan rings is 2. The van der Waals surface area contributed by atoms with Gasteiger partial charge in [-0.3, -0.25) is 0 Å². The number of fused-ring (bicyclic) bond motifs is 6. The van der Waals surface area contributed by atoms with Crippen molar-refractivity contribution < 1.29 is 8.83 Å². The van der Waals surface area contributed by atoms with E-state index in [2.05, 4.69) is 252 Å². The molecule has 70 heavy (non-hydrogen) atoms. The van der Waals surface area contributed by atoms with Gasteiger partial charge in [0.05, 0.1) is 22.1 Å². The molecule has 0 fully saturated rings. The molecule has 0 aliphatic heterocycles. The van der Waals surface area contributed by atoms with Gasteiger partial charge in [-0.1, -0.05) is 182 Å². The molecule has 0 aliphatic carbocycles. The summed E-state index contributed by atoms with van der Waals surface area (Å²) < 4.78 is 12.9. The van der Waals surface area contributed by atoms with Crippen LogP contribution >= 0.6 is 0 Å². The quantitative estimate of drug-likeness (QED) is 0.137. The molecule has 4 heteroatoms. The third kappa shape index (κ3) is 7.36. The van der Waals surface area contributed by atoms with E-state index in [4.69, 9.17) is 8.83 Å². The molecule has 0 bridgehead atoms. The Morgan fingerprint density at radius 3 is 0.943 bits per heavy atom. The van der Waals surface area contributed by atoms with Crippen LogP contribution in [0.15, 0.2) is 276 Å². The van der Waals surface area contributed by atoms with Crippen LogP contribution in [0.4, 0.5) is 34.1 Å². The minimum atomic E-state index is 0.847. The first-order chi connectivity index (χ1) is 34.7. The van der Waals surface area contributed by atoms with Crippen molar-refractivity contribution in [2.75, 3.05) is 9.80 Å². The van der Waals surface area contributed by atoms with Crippen LogP contribution in [0.1, 0.15) is 0 Å². The Morgan fingerprint density at radius 2 is 0.529 bits per heavy atom. The molecule has 4 nitrogen and oxygen atoms in total. The predicted molar refractivity (Wildman–Crippen MR) is 292 cm³/mol. The minimum absolute atomic E-state index is 0.847. The summed E-state index contributed by atoms with van der Waals surface area (Å²) >= 11 is 0. The standard InChI is InChI=1S/C66H44N2O2/c1-3-15-45(16-4-1)47-31-33-48(34-32-47)50-37-41-54(42-38-50)68(60-26-14-30-64-66(60)58-24-8-10-28-62(58)70-64)56-22-12-20-52(44-56)51-19-11-21-55(43-51)67(53-39-35-49(36-40-53)46-17-5-2-6-18-46)59-25-13-29-63-65(59)57-23-7-9-27-61(57)69-63/h1-44H. The number of hydrogen-bond acceptors (Lipinski definition) is 4. The predicted octanol–water partition coefficient (Wildman–Crippen LogP) is 19.1. The van der Waals surface area contributed by atoms with E-state index in [0.717, 1.165) is 100 Å². The van der Waals surface area contributed by atoms with Gasteiger partial charge in [0.15, 0.2) is 0 Å². The number of anilines is 6. The monoisotopic (exact) mass is 896 g/mol. The van der Waals surface area contributed by atoms with E-state index in [-0.39, 0.29) is 0 Å². The fourth-order valence-corrected chi connectivity index (χ4v) is 10.1. The molecule has 0 aliphatic rings. The highest BCUT2D eigenvalue weighted by atomic mass is 16.3. The molecule has 2 heterocycles. The number of para-hydroxylation sites is 2. The Hall–Kier alpha value is -9.38. The maximum Gasteiger partial charge on any atom is 0.137 e. The largest absolute Gasteiger partial charge is 0.456 e. The summed E-state index contributed by atoms with van der Waals surface area (Å²) in [6, 6.07) is 94.8. The molecule has 13 aromatic rings. The summed E-state index contributed by atoms with van der Waals surface area (Å²) in [6.45, 7) is 0. The normalized spacial score (nSPS) is 11.4. The molecule has 0 unspecified atom stereocenters. The average molecular weight is 897 g/mol. The average Bonchev–Trinajstić information content (AvgIpc) is 4.02. The van der Waals surface area contributed by atoms with Crippen LogP contribution < -0.4 is 9.80 Å². The lowest BCUT2D eigenvalue weighted by Crippen LogP contribution is -2.11. The van der Waals surface area contributed by atoms with Crippen molar-refractivity contribution in [3.8, 4) is 44.5 Å². The summed E-state index contributed by atoms with van der Waals surface area (Å²) in [4.78, 5) is 4.73. The second-order valence-corrected chi connectivity index (χ2v) is 17.7. The van der Waals surface area contributed by atoms with Gasteiger partial charge in [-0.25, -0.2) is 0 Å². The number of hydrogen-bond donors (Lipinski definition) is 0. The Morgan fingerprint density at radius 1 is 0.214 bits per heavy atom. The molecule has 2 aromatic heterocycles. The summed E-state index contributed by atoms with van der Waals surface area (Å²) in [7, 11) is 0. The fourth-order valence-electron chi connectivity index (χ4n) is 10.1. The lowest BCUT2D eigenvalue weighted by molar-refractivity contribution is 0.668. The van der Waals surface area contributed by atoms with Crippen molar-refractivity contribution >= 4 is 78.0 Å². The van der Waals surface area contributed by atoms with E-state index in [1.54, 1.807) is 0 Å². The van der Waals surface area contributed by atoms with Gasteiger partial charge >= 0.3 is 0 Å². The third-order valence-electron chi connectivity index (χ3n) is 13.5. The van der Waals surface area contributed by atoms with E-state index in [9.17, 15) is 0 Å². The van der Waals surface area contributed by atoms with Gasteiger partial charge in [0, 0.05) is 33.5 Å². The highest BCUT2D eigenvalue weighted by Crippen LogP contribution is 2.46. The van der Waals surface area contributed by atoms with Crippen molar-refractivity contribution in [3.63, 3.8) is 0 Å². The zero-order chi connectivity index (χ0) is 46.4. The van der Waals surface area contributed by atoms with E-state index in [1.807, 2.05) is 24.3 Å². The smallest absolute Gasteiger partial charge is 0.137 e. The highest BCUT2D eigenvalue weighted by Gasteiger charge is 2.22. The summed E-state index contributed by atoms with van der Waals surface area (Å²) in [6.07, 6.45) is 0. The lowest BCUT2D eigenvalue weighted by Gasteiger charge is -2.28. The zero-order valence-electron chi connectivity index (χ0n) is 38.1. The molecule has 0 N–H and O–H groups in total. The van der Waals surface area contributed by atoms with Gasteiger partial charge in [-0.2, -0.15) is 0 Å². The number of nitrogens with zero attached hydrogens (tertiary/aromatic N) is 2. The van der Waals surface area contributed by atoms with Crippen molar-refractivity contribution in [2.24, 2.45) is 0 Å². The van der Waals surface area contributed by atoms with Crippen molar-refractivity contribution in [2.45, 2.75) is 0 Å². The minimum Gasteiger partial charge on any atom is -0.456 e. The molecule has 0 saturated carbocycles. The van der Waals surface area contributed by atoms with Crippen molar-refractivity contribution in [3.05, 3.63) is 267 Å². The van der Waals surface area contributed by atoms with Crippen LogP contribution in [-0.4, -0.2) is 0 Å². The van der Waals surface area contributed by atoms with E-state index < -0.39 is 0 Å². The van der Waals surface area contributed by atoms with Crippen LogP contribution in [0.2, 0.25) is 0 Å². The SMILES string of the molecule is c1ccc(-c2ccc(-c3ccc(N(c4cccc(-c5cccc(N(c6ccc(-c7ccccc7)cc6)c6cccc7oc8ccccc8c67)c5)c4)c4cccc5oc6ccccc6c45)cc3)cc2)cc1. The third-order valence-corrected chi connectivity index (χ3v) is 13.5. The summed E-state index contributed by atoms with van der Waals surface area (Å²) in [5, 5.41) is 4.30. The second kappa shape index (κ2) is 17.4. The molecular weight excluding hydrogens is 853 g/mol. The van der Waals surface area contributed by atoms with Gasteiger partial charge in [-0.05, 0) is 129 Å². The first-order valence-electron chi connectivity index (χ1n) is 23.7. The van der Waals surface area contributed by atoms with E-state index in [1.165, 1.54) is 22.3 Å². The van der Waals surface area contributed by atoms with Crippen LogP contribution in [0, 0.1) is 0 Å². The Balaban J connectivity index is 0.928. The topological polar surface area (TPSA) is 32.8 Å². The van der Waals surface area contributed by atoms with Crippen LogP contribution in [0.3, 0.4) is 0 Å². The maximum atomic E-state index is 6.47. The second-order valence-electron chi connectivity index (χ2n) is 17.7. The molecule has 0 saturated heterocycles. The number of benzene rings is 11. The van der Waals surface area contributed by atoms with Gasteiger partial charge in [0.1, 0.15) is 22.3 Å². The van der Waals surface area contributed by atoms with Gasteiger partial charge < -0.3 is 18.6 Å². The Labute approximate surface area is 406 Å².